The van der Waals surface area contributed by atoms with Gasteiger partial charge in [-0.05, 0) is 25.7 Å². The zero-order valence-electron chi connectivity index (χ0n) is 10.6. The molecule has 5 heteroatoms. The first-order valence-electron chi connectivity index (χ1n) is 6.30. The van der Waals surface area contributed by atoms with Gasteiger partial charge >= 0.3 is 0 Å². The van der Waals surface area contributed by atoms with Gasteiger partial charge < -0.3 is 10.4 Å². The van der Waals surface area contributed by atoms with Crippen LogP contribution in [0.25, 0.3) is 0 Å². The van der Waals surface area contributed by atoms with Gasteiger partial charge in [-0.15, -0.1) is 0 Å². The minimum atomic E-state index is -0.553. The average molecular weight is 239 g/mol. The molecular weight excluding hydrogens is 218 g/mol. The van der Waals surface area contributed by atoms with Crippen molar-refractivity contribution in [3.8, 4) is 0 Å². The Morgan fingerprint density at radius 2 is 2.35 bits per heavy atom. The van der Waals surface area contributed by atoms with Crippen LogP contribution in [0.1, 0.15) is 44.0 Å². The van der Waals surface area contributed by atoms with Gasteiger partial charge in [-0.1, -0.05) is 30.1 Å². The molecule has 0 spiro atoms. The van der Waals surface area contributed by atoms with Crippen molar-refractivity contribution >= 4 is 0 Å². The Labute approximate surface area is 102 Å². The highest BCUT2D eigenvalue weighted by Crippen LogP contribution is 2.31. The first kappa shape index (κ1) is 12.5. The second-order valence-corrected chi connectivity index (χ2v) is 5.33. The van der Waals surface area contributed by atoms with Crippen molar-refractivity contribution in [3.63, 3.8) is 0 Å². The van der Waals surface area contributed by atoms with Gasteiger partial charge in [-0.25, -0.2) is 4.63 Å². The molecule has 17 heavy (non-hydrogen) atoms. The summed E-state index contributed by atoms with van der Waals surface area (Å²) >= 11 is 0. The number of aryl methyl sites for hydroxylation is 1. The third kappa shape index (κ3) is 3.26. The Bertz CT molecular complexity index is 366. The summed E-state index contributed by atoms with van der Waals surface area (Å²) in [5.41, 5.74) is 1.07. The third-order valence-electron chi connectivity index (χ3n) is 3.56. The van der Waals surface area contributed by atoms with Crippen LogP contribution in [0, 0.1) is 12.8 Å². The molecule has 0 saturated heterocycles. The lowest BCUT2D eigenvalue weighted by Crippen LogP contribution is -2.43. The summed E-state index contributed by atoms with van der Waals surface area (Å²) < 4.78 is 4.63. The fourth-order valence-electron chi connectivity index (χ4n) is 2.62. The van der Waals surface area contributed by atoms with Crippen LogP contribution in [0.3, 0.4) is 0 Å². The van der Waals surface area contributed by atoms with Gasteiger partial charge in [-0.2, -0.15) is 0 Å². The molecule has 1 aromatic rings. The van der Waals surface area contributed by atoms with E-state index in [1.54, 1.807) is 0 Å². The molecule has 0 aromatic carbocycles. The smallest absolute Gasteiger partial charge is 0.121 e. The molecule has 0 radical (unpaired) electrons. The maximum absolute atomic E-state index is 10.4. The Morgan fingerprint density at radius 3 is 3.00 bits per heavy atom. The Balaban J connectivity index is 1.79. The number of hydrogen-bond acceptors (Lipinski definition) is 5. The highest BCUT2D eigenvalue weighted by Gasteiger charge is 2.32. The minimum absolute atomic E-state index is 0.553. The van der Waals surface area contributed by atoms with Crippen LogP contribution in [0.15, 0.2) is 4.63 Å². The summed E-state index contributed by atoms with van der Waals surface area (Å²) in [5, 5.41) is 21.2. The Kier molecular flexibility index (Phi) is 3.79. The average Bonchev–Trinajstić information content (AvgIpc) is 2.64. The van der Waals surface area contributed by atoms with E-state index in [4.69, 9.17) is 0 Å². The second-order valence-electron chi connectivity index (χ2n) is 5.33. The fourth-order valence-corrected chi connectivity index (χ4v) is 2.62. The molecule has 2 N–H and O–H groups in total. The second kappa shape index (κ2) is 5.14. The van der Waals surface area contributed by atoms with Crippen molar-refractivity contribution in [2.45, 2.75) is 51.7 Å². The summed E-state index contributed by atoms with van der Waals surface area (Å²) in [4.78, 5) is 0. The molecular formula is C12H21N3O2. The highest BCUT2D eigenvalue weighted by atomic mass is 16.6. The minimum Gasteiger partial charge on any atom is -0.389 e. The van der Waals surface area contributed by atoms with E-state index in [1.165, 1.54) is 6.42 Å². The molecule has 2 unspecified atom stereocenters. The van der Waals surface area contributed by atoms with Gasteiger partial charge in [0.05, 0.1) is 5.60 Å². The van der Waals surface area contributed by atoms with Gasteiger partial charge in [0.1, 0.15) is 11.4 Å². The molecule has 5 nitrogen and oxygen atoms in total. The lowest BCUT2D eigenvalue weighted by Gasteiger charge is -2.35. The lowest BCUT2D eigenvalue weighted by molar-refractivity contribution is -0.0120. The number of nitrogens with one attached hydrogen (secondary N) is 1. The largest absolute Gasteiger partial charge is 0.389 e. The van der Waals surface area contributed by atoms with Crippen LogP contribution in [0.5, 0.6) is 0 Å². The molecule has 2 atom stereocenters. The summed E-state index contributed by atoms with van der Waals surface area (Å²) in [7, 11) is 0. The third-order valence-corrected chi connectivity index (χ3v) is 3.56. The van der Waals surface area contributed by atoms with E-state index in [9.17, 15) is 5.11 Å². The molecule has 0 bridgehead atoms. The van der Waals surface area contributed by atoms with E-state index in [1.807, 2.05) is 6.92 Å². The quantitative estimate of drug-likeness (QED) is 0.831. The molecule has 0 aliphatic heterocycles. The van der Waals surface area contributed by atoms with Crippen LogP contribution < -0.4 is 5.32 Å². The number of aliphatic hydroxyl groups is 1. The number of rotatable bonds is 4. The summed E-state index contributed by atoms with van der Waals surface area (Å²) in [6.07, 6.45) is 4.12. The molecule has 1 fully saturated rings. The summed E-state index contributed by atoms with van der Waals surface area (Å²) in [5.74, 6) is 0.617. The van der Waals surface area contributed by atoms with E-state index in [2.05, 4.69) is 27.2 Å². The van der Waals surface area contributed by atoms with Crippen LogP contribution in [-0.2, 0) is 6.54 Å². The maximum Gasteiger partial charge on any atom is 0.121 e. The molecule has 1 aliphatic rings. The molecule has 2 rings (SSSR count). The predicted octanol–water partition coefficient (Wildman–Crippen LogP) is 1.41. The van der Waals surface area contributed by atoms with Crippen LogP contribution in [0.2, 0.25) is 0 Å². The number of nitrogens with zero attached hydrogens (tertiary/aromatic N) is 2. The topological polar surface area (TPSA) is 71.2 Å². The molecule has 96 valence electrons. The SMILES string of the molecule is Cc1nonc1CNCC1(O)CCCC(C)C1. The van der Waals surface area contributed by atoms with E-state index in [0.29, 0.717) is 19.0 Å². The van der Waals surface area contributed by atoms with E-state index >= 15 is 0 Å². The van der Waals surface area contributed by atoms with Gasteiger partial charge in [-0.3, -0.25) is 0 Å². The highest BCUT2D eigenvalue weighted by molar-refractivity contribution is 5.04. The van der Waals surface area contributed by atoms with Crippen molar-refractivity contribution < 1.29 is 9.74 Å². The van der Waals surface area contributed by atoms with Crippen molar-refractivity contribution in [1.82, 2.24) is 15.6 Å². The fraction of sp³-hybridized carbons (Fsp3) is 0.833. The normalized spacial score (nSPS) is 29.5. The molecule has 0 amide bonds. The monoisotopic (exact) mass is 239 g/mol. The molecule has 1 heterocycles. The number of hydrogen-bond donors (Lipinski definition) is 2. The van der Waals surface area contributed by atoms with Crippen molar-refractivity contribution in [2.75, 3.05) is 6.54 Å². The van der Waals surface area contributed by atoms with Gasteiger partial charge in [0.25, 0.3) is 0 Å². The number of aromatic nitrogens is 2. The first-order chi connectivity index (χ1) is 8.09. The maximum atomic E-state index is 10.4. The standard InChI is InChI=1S/C12H21N3O2/c1-9-4-3-5-12(16,6-9)8-13-7-11-10(2)14-17-15-11/h9,13,16H,3-8H2,1-2H3. The van der Waals surface area contributed by atoms with E-state index in [0.717, 1.165) is 30.7 Å². The molecule has 1 saturated carbocycles. The first-order valence-corrected chi connectivity index (χ1v) is 6.30. The van der Waals surface area contributed by atoms with Crippen LogP contribution in [-0.4, -0.2) is 27.6 Å². The Morgan fingerprint density at radius 1 is 1.53 bits per heavy atom. The van der Waals surface area contributed by atoms with Crippen molar-refractivity contribution in [2.24, 2.45) is 5.92 Å². The van der Waals surface area contributed by atoms with Gasteiger partial charge in [0.2, 0.25) is 0 Å². The van der Waals surface area contributed by atoms with Crippen molar-refractivity contribution in [1.29, 1.82) is 0 Å². The molecule has 1 aromatic heterocycles. The van der Waals surface area contributed by atoms with E-state index in [-0.39, 0.29) is 0 Å². The summed E-state index contributed by atoms with van der Waals surface area (Å²) in [6, 6.07) is 0. The summed E-state index contributed by atoms with van der Waals surface area (Å²) in [6.45, 7) is 5.29. The van der Waals surface area contributed by atoms with Crippen molar-refractivity contribution in [3.05, 3.63) is 11.4 Å². The lowest BCUT2D eigenvalue weighted by atomic mass is 9.79. The van der Waals surface area contributed by atoms with Gasteiger partial charge in [0, 0.05) is 13.1 Å². The van der Waals surface area contributed by atoms with E-state index < -0.39 is 5.60 Å². The Hall–Kier alpha value is -0.940. The zero-order chi connectivity index (χ0) is 12.3. The van der Waals surface area contributed by atoms with Gasteiger partial charge in [0.15, 0.2) is 0 Å². The van der Waals surface area contributed by atoms with Crippen LogP contribution in [0.4, 0.5) is 0 Å². The zero-order valence-corrected chi connectivity index (χ0v) is 10.6. The van der Waals surface area contributed by atoms with Crippen LogP contribution >= 0.6 is 0 Å². The molecule has 1 aliphatic carbocycles. The predicted molar refractivity (Wildman–Crippen MR) is 63.3 cm³/mol.